The molecule has 2 aromatic carbocycles. The molecule has 0 aliphatic rings. The number of rotatable bonds is 10. The lowest BCUT2D eigenvalue weighted by Gasteiger charge is -2.15. The first-order chi connectivity index (χ1) is 23.4. The zero-order valence-corrected chi connectivity index (χ0v) is 34.3. The van der Waals surface area contributed by atoms with Crippen molar-refractivity contribution in [3.63, 3.8) is 0 Å². The fourth-order valence-corrected chi connectivity index (χ4v) is 5.23. The van der Waals surface area contributed by atoms with Crippen molar-refractivity contribution in [2.24, 2.45) is 5.92 Å². The van der Waals surface area contributed by atoms with Crippen LogP contribution in [0.25, 0.3) is 22.6 Å². The van der Waals surface area contributed by atoms with E-state index in [1.807, 2.05) is 39.4 Å². The average Bonchev–Trinajstić information content (AvgIpc) is 3.50. The topological polar surface area (TPSA) is 42.2 Å². The molecule has 0 spiro atoms. The second-order valence-electron chi connectivity index (χ2n) is 13.1. The highest BCUT2D eigenvalue weighted by Crippen LogP contribution is 2.28. The summed E-state index contributed by atoms with van der Waals surface area (Å²) in [4.78, 5) is 8.77. The maximum atomic E-state index is 4.49. The second kappa shape index (κ2) is 25.3. The minimum Gasteiger partial charge on any atom is -0.384 e. The van der Waals surface area contributed by atoms with Gasteiger partial charge in [0.05, 0.1) is 17.6 Å². The summed E-state index contributed by atoms with van der Waals surface area (Å²) in [6.45, 7) is 37.0. The van der Waals surface area contributed by atoms with E-state index in [1.54, 1.807) is 0 Å². The van der Waals surface area contributed by atoms with Gasteiger partial charge < -0.3 is 5.32 Å². The predicted molar refractivity (Wildman–Crippen MR) is 221 cm³/mol. The Morgan fingerprint density at radius 1 is 0.918 bits per heavy atom. The number of allylic oxidation sites excluding steroid dienone is 1. The highest BCUT2D eigenvalue weighted by Gasteiger charge is 2.12. The van der Waals surface area contributed by atoms with Gasteiger partial charge in [-0.1, -0.05) is 129 Å². The Labute approximate surface area is 302 Å². The Balaban J connectivity index is 0.000000727. The van der Waals surface area contributed by atoms with Crippen LogP contribution in [0.15, 0.2) is 67.2 Å². The van der Waals surface area contributed by atoms with Gasteiger partial charge in [0.15, 0.2) is 5.65 Å². The maximum Gasteiger partial charge on any atom is 0.158 e. The van der Waals surface area contributed by atoms with E-state index in [1.165, 1.54) is 69.5 Å². The molecule has 4 rings (SSSR count). The van der Waals surface area contributed by atoms with Gasteiger partial charge in [-0.05, 0) is 89.0 Å². The largest absolute Gasteiger partial charge is 0.384 e. The van der Waals surface area contributed by atoms with Crippen LogP contribution in [0.4, 0.5) is 0 Å². The number of hydrogen-bond donors (Lipinski definition) is 1. The third-order valence-corrected chi connectivity index (χ3v) is 8.01. The number of nitrogens with one attached hydrogen (secondary N) is 1. The summed E-state index contributed by atoms with van der Waals surface area (Å²) >= 11 is 0. The van der Waals surface area contributed by atoms with Crippen LogP contribution in [-0.2, 0) is 6.42 Å². The molecule has 2 heterocycles. The first kappa shape index (κ1) is 45.3. The van der Waals surface area contributed by atoms with E-state index >= 15 is 0 Å². The van der Waals surface area contributed by atoms with Gasteiger partial charge in [-0.2, -0.15) is 0 Å². The van der Waals surface area contributed by atoms with Crippen LogP contribution >= 0.6 is 0 Å². The van der Waals surface area contributed by atoms with Crippen molar-refractivity contribution in [1.29, 1.82) is 0 Å². The van der Waals surface area contributed by atoms with Gasteiger partial charge in [-0.3, -0.25) is 9.38 Å². The van der Waals surface area contributed by atoms with Crippen LogP contribution in [0.5, 0.6) is 0 Å². The highest BCUT2D eigenvalue weighted by molar-refractivity contribution is 5.69. The molecule has 4 nitrogen and oxygen atoms in total. The molecular formula is C45H72N4. The number of benzene rings is 2. The fraction of sp³-hybridized carbons (Fsp3) is 0.511. The molecule has 0 atom stereocenters. The van der Waals surface area contributed by atoms with E-state index in [0.717, 1.165) is 48.8 Å². The van der Waals surface area contributed by atoms with Crippen LogP contribution in [-0.4, -0.2) is 20.9 Å². The van der Waals surface area contributed by atoms with Crippen molar-refractivity contribution < 1.29 is 0 Å². The number of fused-ring (bicyclic) bond motifs is 1. The first-order valence-corrected chi connectivity index (χ1v) is 18.9. The molecule has 49 heavy (non-hydrogen) atoms. The average molecular weight is 669 g/mol. The molecule has 272 valence electrons. The molecular weight excluding hydrogens is 597 g/mol. The molecule has 4 heteroatoms. The monoisotopic (exact) mass is 669 g/mol. The van der Waals surface area contributed by atoms with E-state index in [2.05, 4.69) is 146 Å². The number of aryl methyl sites for hydroxylation is 4. The SMILES string of the molecule is C=C(C)CCNC(=CCC)c1ccc(C)cc1CC.CC.CCC.CCCC(C)C.Cc1ccc(-c2cnc3c(C)nccn23)c(C)c1C. The summed E-state index contributed by atoms with van der Waals surface area (Å²) in [6.07, 6.45) is 15.1. The van der Waals surface area contributed by atoms with Gasteiger partial charge in [0.1, 0.15) is 0 Å². The van der Waals surface area contributed by atoms with Gasteiger partial charge in [-0.15, -0.1) is 6.58 Å². The van der Waals surface area contributed by atoms with Gasteiger partial charge in [0, 0.05) is 35.8 Å². The van der Waals surface area contributed by atoms with E-state index in [9.17, 15) is 0 Å². The Kier molecular flexibility index (Phi) is 23.4. The standard InChI is InChI=1S/C18H27N.C16H17N3.C6H14.C3H8.C2H6/c1-6-8-18(19-12-11-14(3)4)17-10-9-15(5)13-16(17)7-2;1-10-5-6-14(12(3)11(10)2)15-9-18-16-13(4)17-7-8-19(15)16;1-4-5-6(2)3;1-3-2;1-2/h8-10,13,19H,3,6-7,11-12H2,1-2,4-5H3;5-9H,1-4H3;6H,4-5H2,1-3H3;3H2,1-2H3;1-2H3. The minimum absolute atomic E-state index is 0.898. The van der Waals surface area contributed by atoms with Crippen LogP contribution in [0.3, 0.4) is 0 Å². The molecule has 0 unspecified atom stereocenters. The van der Waals surface area contributed by atoms with Gasteiger partial charge >= 0.3 is 0 Å². The van der Waals surface area contributed by atoms with Crippen LogP contribution < -0.4 is 5.32 Å². The van der Waals surface area contributed by atoms with Crippen molar-refractivity contribution in [2.75, 3.05) is 6.54 Å². The van der Waals surface area contributed by atoms with E-state index < -0.39 is 0 Å². The normalized spacial score (nSPS) is 10.5. The van der Waals surface area contributed by atoms with E-state index in [4.69, 9.17) is 0 Å². The lowest BCUT2D eigenvalue weighted by Crippen LogP contribution is -2.15. The summed E-state index contributed by atoms with van der Waals surface area (Å²) in [5.41, 5.74) is 14.8. The van der Waals surface area contributed by atoms with Crippen molar-refractivity contribution >= 4 is 11.3 Å². The predicted octanol–water partition coefficient (Wildman–Crippen LogP) is 13.4. The minimum atomic E-state index is 0.898. The summed E-state index contributed by atoms with van der Waals surface area (Å²) in [6, 6.07) is 11.1. The Bertz CT molecular complexity index is 1540. The molecule has 0 bridgehead atoms. The Morgan fingerprint density at radius 3 is 2.10 bits per heavy atom. The number of aromatic nitrogens is 3. The van der Waals surface area contributed by atoms with E-state index in [0.29, 0.717) is 0 Å². The molecule has 0 saturated carbocycles. The van der Waals surface area contributed by atoms with Crippen LogP contribution in [0.2, 0.25) is 0 Å². The molecule has 0 aliphatic carbocycles. The maximum absolute atomic E-state index is 4.49. The Hall–Kier alpha value is -3.66. The molecule has 1 N–H and O–H groups in total. The van der Waals surface area contributed by atoms with Crippen LogP contribution in [0, 0.1) is 40.5 Å². The molecule has 0 aliphatic heterocycles. The summed E-state index contributed by atoms with van der Waals surface area (Å²) in [5, 5.41) is 3.56. The quantitative estimate of drug-likeness (QED) is 0.171. The third-order valence-electron chi connectivity index (χ3n) is 8.01. The zero-order chi connectivity index (χ0) is 37.5. The molecule has 4 aromatic rings. The summed E-state index contributed by atoms with van der Waals surface area (Å²) in [5.74, 6) is 0.898. The van der Waals surface area contributed by atoms with Crippen LogP contribution in [0.1, 0.15) is 140 Å². The Morgan fingerprint density at radius 2 is 1.57 bits per heavy atom. The summed E-state index contributed by atoms with van der Waals surface area (Å²) < 4.78 is 2.11. The molecule has 0 radical (unpaired) electrons. The van der Waals surface area contributed by atoms with Gasteiger partial charge in [-0.25, -0.2) is 4.98 Å². The van der Waals surface area contributed by atoms with Crippen molar-refractivity contribution in [3.05, 3.63) is 106 Å². The molecule has 0 fully saturated rings. The zero-order valence-electron chi connectivity index (χ0n) is 34.3. The second-order valence-corrected chi connectivity index (χ2v) is 13.1. The summed E-state index contributed by atoms with van der Waals surface area (Å²) in [7, 11) is 0. The van der Waals surface area contributed by atoms with Crippen molar-refractivity contribution in [2.45, 2.75) is 142 Å². The molecule has 0 amide bonds. The fourth-order valence-electron chi connectivity index (χ4n) is 5.23. The smallest absolute Gasteiger partial charge is 0.158 e. The van der Waals surface area contributed by atoms with Crippen molar-refractivity contribution in [3.8, 4) is 11.3 Å². The number of hydrogen-bond acceptors (Lipinski definition) is 3. The third kappa shape index (κ3) is 15.6. The van der Waals surface area contributed by atoms with Crippen molar-refractivity contribution in [1.82, 2.24) is 19.7 Å². The highest BCUT2D eigenvalue weighted by atomic mass is 15.0. The number of nitrogens with zero attached hydrogens (tertiary/aromatic N) is 3. The van der Waals surface area contributed by atoms with E-state index in [-0.39, 0.29) is 0 Å². The number of imidazole rings is 1. The lowest BCUT2D eigenvalue weighted by molar-refractivity contribution is 0.576. The molecule has 2 aromatic heterocycles. The van der Waals surface area contributed by atoms with Gasteiger partial charge in [0.2, 0.25) is 0 Å². The molecule has 0 saturated heterocycles. The van der Waals surface area contributed by atoms with Gasteiger partial charge in [0.25, 0.3) is 0 Å². The first-order valence-electron chi connectivity index (χ1n) is 18.9. The lowest BCUT2D eigenvalue weighted by atomic mass is 9.97.